The van der Waals surface area contributed by atoms with Crippen LogP contribution in [0, 0.1) is 5.82 Å². The van der Waals surface area contributed by atoms with Gasteiger partial charge < -0.3 is 15.0 Å². The topological polar surface area (TPSA) is 50.1 Å². The predicted molar refractivity (Wildman–Crippen MR) is 63.3 cm³/mol. The molecule has 0 spiro atoms. The van der Waals surface area contributed by atoms with Crippen molar-refractivity contribution in [2.24, 2.45) is 0 Å². The maximum Gasteiger partial charge on any atom is 0.166 e. The number of rotatable bonds is 4. The van der Waals surface area contributed by atoms with Gasteiger partial charge in [0.05, 0.1) is 6.54 Å². The summed E-state index contributed by atoms with van der Waals surface area (Å²) >= 11 is 0. The molecule has 0 unspecified atom stereocenters. The summed E-state index contributed by atoms with van der Waals surface area (Å²) < 4.78 is 15.1. The highest BCUT2D eigenvalue weighted by Crippen LogP contribution is 2.19. The van der Waals surface area contributed by atoms with Crippen LogP contribution in [0.5, 0.6) is 5.75 Å². The molecule has 0 saturated heterocycles. The Morgan fingerprint density at radius 1 is 1.47 bits per heavy atom. The van der Waals surface area contributed by atoms with Crippen LogP contribution < -0.4 is 5.32 Å². The normalized spacial score (nSPS) is 10.5. The van der Waals surface area contributed by atoms with Crippen molar-refractivity contribution < 1.29 is 9.50 Å². The van der Waals surface area contributed by atoms with Crippen LogP contribution in [0.4, 0.5) is 10.1 Å². The van der Waals surface area contributed by atoms with Crippen molar-refractivity contribution in [3.63, 3.8) is 0 Å². The van der Waals surface area contributed by atoms with E-state index in [1.54, 1.807) is 12.3 Å². The van der Waals surface area contributed by atoms with Crippen molar-refractivity contribution in [2.45, 2.75) is 20.0 Å². The first-order chi connectivity index (χ1) is 8.20. The molecule has 2 N–H and O–H groups in total. The third-order valence-corrected chi connectivity index (χ3v) is 2.54. The van der Waals surface area contributed by atoms with Crippen molar-refractivity contribution in [1.82, 2.24) is 9.55 Å². The zero-order chi connectivity index (χ0) is 12.3. The third-order valence-electron chi connectivity index (χ3n) is 2.54. The minimum atomic E-state index is -0.631. The molecule has 0 aliphatic heterocycles. The smallest absolute Gasteiger partial charge is 0.166 e. The highest BCUT2D eigenvalue weighted by atomic mass is 19.1. The number of nitrogens with one attached hydrogen (secondary N) is 1. The quantitative estimate of drug-likeness (QED) is 0.800. The highest BCUT2D eigenvalue weighted by Gasteiger charge is 2.03. The van der Waals surface area contributed by atoms with E-state index in [2.05, 4.69) is 10.3 Å². The molecule has 0 saturated carbocycles. The maximum atomic E-state index is 13.1. The van der Waals surface area contributed by atoms with Gasteiger partial charge in [0.15, 0.2) is 11.6 Å². The van der Waals surface area contributed by atoms with E-state index < -0.39 is 5.82 Å². The molecule has 0 radical (unpaired) electrons. The van der Waals surface area contributed by atoms with Gasteiger partial charge in [0.25, 0.3) is 0 Å². The number of aryl methyl sites for hydroxylation is 1. The van der Waals surface area contributed by atoms with Crippen LogP contribution in [0.3, 0.4) is 0 Å². The van der Waals surface area contributed by atoms with Crippen LogP contribution in [0.15, 0.2) is 30.6 Å². The number of phenols is 1. The van der Waals surface area contributed by atoms with E-state index in [1.807, 2.05) is 17.7 Å². The highest BCUT2D eigenvalue weighted by molar-refractivity contribution is 5.46. The lowest BCUT2D eigenvalue weighted by atomic mass is 10.3. The van der Waals surface area contributed by atoms with Gasteiger partial charge in [-0.25, -0.2) is 9.37 Å². The van der Waals surface area contributed by atoms with Gasteiger partial charge >= 0.3 is 0 Å². The first-order valence-corrected chi connectivity index (χ1v) is 5.43. The number of benzene rings is 1. The number of anilines is 1. The summed E-state index contributed by atoms with van der Waals surface area (Å²) in [5.74, 6) is -0.0829. The lowest BCUT2D eigenvalue weighted by Gasteiger charge is -2.08. The molecule has 2 aromatic rings. The summed E-state index contributed by atoms with van der Waals surface area (Å²) in [6.07, 6.45) is 3.63. The van der Waals surface area contributed by atoms with Crippen molar-refractivity contribution in [1.29, 1.82) is 0 Å². The Morgan fingerprint density at radius 2 is 2.29 bits per heavy atom. The summed E-state index contributed by atoms with van der Waals surface area (Å²) in [7, 11) is 0. The summed E-state index contributed by atoms with van der Waals surface area (Å²) in [4.78, 5) is 4.20. The molecule has 4 nitrogen and oxygen atoms in total. The summed E-state index contributed by atoms with van der Waals surface area (Å²) in [5, 5.41) is 12.1. The van der Waals surface area contributed by atoms with Gasteiger partial charge in [-0.05, 0) is 19.1 Å². The summed E-state index contributed by atoms with van der Waals surface area (Å²) in [6.45, 7) is 3.40. The SMILES string of the molecule is CCn1ccnc1CNc1ccc(O)c(F)c1. The number of halogens is 1. The lowest BCUT2D eigenvalue weighted by molar-refractivity contribution is 0.432. The average molecular weight is 235 g/mol. The largest absolute Gasteiger partial charge is 0.505 e. The number of imidazole rings is 1. The monoisotopic (exact) mass is 235 g/mol. The second kappa shape index (κ2) is 4.86. The number of nitrogens with zero attached hydrogens (tertiary/aromatic N) is 2. The van der Waals surface area contributed by atoms with Crippen molar-refractivity contribution in [3.05, 3.63) is 42.2 Å². The van der Waals surface area contributed by atoms with Crippen LogP contribution in [-0.4, -0.2) is 14.7 Å². The Balaban J connectivity index is 2.05. The van der Waals surface area contributed by atoms with Gasteiger partial charge in [-0.1, -0.05) is 0 Å². The third kappa shape index (κ3) is 2.55. The maximum absolute atomic E-state index is 13.1. The molecule has 0 fully saturated rings. The molecular formula is C12H14FN3O. The van der Waals surface area contributed by atoms with E-state index in [0.29, 0.717) is 12.2 Å². The number of hydrogen-bond donors (Lipinski definition) is 2. The van der Waals surface area contributed by atoms with Crippen LogP contribution >= 0.6 is 0 Å². The average Bonchev–Trinajstić information content (AvgIpc) is 2.78. The van der Waals surface area contributed by atoms with Gasteiger partial charge in [0, 0.05) is 30.7 Å². The van der Waals surface area contributed by atoms with Gasteiger partial charge in [-0.2, -0.15) is 0 Å². The molecule has 5 heteroatoms. The fraction of sp³-hybridized carbons (Fsp3) is 0.250. The van der Waals surface area contributed by atoms with Crippen LogP contribution in [0.25, 0.3) is 0 Å². The van der Waals surface area contributed by atoms with Crippen molar-refractivity contribution in [3.8, 4) is 5.75 Å². The van der Waals surface area contributed by atoms with Crippen molar-refractivity contribution in [2.75, 3.05) is 5.32 Å². The molecule has 1 aromatic heterocycles. The van der Waals surface area contributed by atoms with Crippen LogP contribution in [0.2, 0.25) is 0 Å². The van der Waals surface area contributed by atoms with Gasteiger partial charge in [-0.15, -0.1) is 0 Å². The van der Waals surface area contributed by atoms with Crippen LogP contribution in [-0.2, 0) is 13.1 Å². The Labute approximate surface area is 98.7 Å². The first kappa shape index (κ1) is 11.4. The van der Waals surface area contributed by atoms with E-state index in [-0.39, 0.29) is 5.75 Å². The molecule has 1 aromatic carbocycles. The van der Waals surface area contributed by atoms with Crippen LogP contribution in [0.1, 0.15) is 12.7 Å². The standard InChI is InChI=1S/C12H14FN3O/c1-2-16-6-5-14-12(16)8-15-9-3-4-11(17)10(13)7-9/h3-7,15,17H,2,8H2,1H3. The molecule has 0 aliphatic rings. The van der Waals surface area contributed by atoms with E-state index in [4.69, 9.17) is 5.11 Å². The minimum absolute atomic E-state index is 0.342. The number of hydrogen-bond acceptors (Lipinski definition) is 3. The molecule has 1 heterocycles. The number of aromatic nitrogens is 2. The molecule has 2 rings (SSSR count). The zero-order valence-electron chi connectivity index (χ0n) is 9.52. The molecule has 90 valence electrons. The fourth-order valence-corrected chi connectivity index (χ4v) is 1.59. The van der Waals surface area contributed by atoms with Crippen molar-refractivity contribution >= 4 is 5.69 Å². The predicted octanol–water partition coefficient (Wildman–Crippen LogP) is 2.36. The number of aromatic hydroxyl groups is 1. The Kier molecular flexibility index (Phi) is 3.27. The summed E-state index contributed by atoms with van der Waals surface area (Å²) in [5.41, 5.74) is 0.617. The fourth-order valence-electron chi connectivity index (χ4n) is 1.59. The molecule has 0 amide bonds. The Morgan fingerprint density at radius 3 is 3.00 bits per heavy atom. The second-order valence-electron chi connectivity index (χ2n) is 3.65. The van der Waals surface area contributed by atoms with E-state index in [1.165, 1.54) is 12.1 Å². The van der Waals surface area contributed by atoms with E-state index >= 15 is 0 Å². The van der Waals surface area contributed by atoms with E-state index in [9.17, 15) is 4.39 Å². The molecule has 17 heavy (non-hydrogen) atoms. The summed E-state index contributed by atoms with van der Waals surface area (Å²) in [6, 6.07) is 4.20. The number of phenolic OH excluding ortho intramolecular Hbond substituents is 1. The Hall–Kier alpha value is -2.04. The first-order valence-electron chi connectivity index (χ1n) is 5.43. The lowest BCUT2D eigenvalue weighted by Crippen LogP contribution is -2.07. The van der Waals surface area contributed by atoms with Gasteiger partial charge in [0.2, 0.25) is 0 Å². The van der Waals surface area contributed by atoms with E-state index in [0.717, 1.165) is 12.4 Å². The molecule has 0 aliphatic carbocycles. The molecular weight excluding hydrogens is 221 g/mol. The van der Waals surface area contributed by atoms with Gasteiger partial charge in [0.1, 0.15) is 5.82 Å². The van der Waals surface area contributed by atoms with Gasteiger partial charge in [-0.3, -0.25) is 0 Å². The second-order valence-corrected chi connectivity index (χ2v) is 3.65. The zero-order valence-corrected chi connectivity index (χ0v) is 9.52. The molecule has 0 atom stereocenters. The minimum Gasteiger partial charge on any atom is -0.505 e. The Bertz CT molecular complexity index is 510. The molecule has 0 bridgehead atoms.